The van der Waals surface area contributed by atoms with Gasteiger partial charge in [0.2, 0.25) is 11.7 Å². The SMILES string of the molecule is CC(C)C[C@@H](C(=O)NC[C@@H]1CCCO1)N(C(=O)Cn1nnc(-c2ccc(Cl)cc2)n1)c1ccc(Cl)cc1. The van der Waals surface area contributed by atoms with Crippen LogP contribution >= 0.6 is 23.2 Å². The molecule has 0 spiro atoms. The van der Waals surface area contributed by atoms with Gasteiger partial charge in [0.25, 0.3) is 5.91 Å². The van der Waals surface area contributed by atoms with Crippen molar-refractivity contribution in [3.63, 3.8) is 0 Å². The van der Waals surface area contributed by atoms with Gasteiger partial charge in [0.15, 0.2) is 0 Å². The van der Waals surface area contributed by atoms with Crippen molar-refractivity contribution in [1.82, 2.24) is 25.5 Å². The molecule has 1 N–H and O–H groups in total. The number of carbonyl (C=O) groups excluding carboxylic acids is 2. The number of aromatic nitrogens is 4. The first-order valence-corrected chi connectivity index (χ1v) is 13.1. The van der Waals surface area contributed by atoms with Crippen molar-refractivity contribution in [2.75, 3.05) is 18.1 Å². The van der Waals surface area contributed by atoms with Crippen LogP contribution in [0.15, 0.2) is 48.5 Å². The van der Waals surface area contributed by atoms with Gasteiger partial charge in [-0.2, -0.15) is 4.80 Å². The second-order valence-corrected chi connectivity index (χ2v) is 10.3. The molecule has 2 heterocycles. The quantitative estimate of drug-likeness (QED) is 0.406. The summed E-state index contributed by atoms with van der Waals surface area (Å²) >= 11 is 12.1. The predicted octanol–water partition coefficient (Wildman–Crippen LogP) is 4.39. The predicted molar refractivity (Wildman–Crippen MR) is 142 cm³/mol. The summed E-state index contributed by atoms with van der Waals surface area (Å²) < 4.78 is 5.65. The summed E-state index contributed by atoms with van der Waals surface area (Å²) in [6.07, 6.45) is 2.35. The van der Waals surface area contributed by atoms with Crippen LogP contribution < -0.4 is 10.2 Å². The third-order valence-electron chi connectivity index (χ3n) is 6.04. The highest BCUT2D eigenvalue weighted by Gasteiger charge is 2.33. The van der Waals surface area contributed by atoms with E-state index in [4.69, 9.17) is 27.9 Å². The molecule has 11 heteroatoms. The van der Waals surface area contributed by atoms with Crippen LogP contribution in [0.25, 0.3) is 11.4 Å². The zero-order chi connectivity index (χ0) is 26.4. The second-order valence-electron chi connectivity index (χ2n) is 9.42. The highest BCUT2D eigenvalue weighted by Crippen LogP contribution is 2.25. The highest BCUT2D eigenvalue weighted by molar-refractivity contribution is 6.31. The van der Waals surface area contributed by atoms with Crippen molar-refractivity contribution in [2.45, 2.75) is 51.8 Å². The van der Waals surface area contributed by atoms with Gasteiger partial charge in [0, 0.05) is 34.4 Å². The number of benzene rings is 2. The minimum absolute atomic E-state index is 0.00558. The van der Waals surface area contributed by atoms with Crippen LogP contribution in [0.2, 0.25) is 10.0 Å². The Balaban J connectivity index is 1.58. The van der Waals surface area contributed by atoms with E-state index >= 15 is 0 Å². The smallest absolute Gasteiger partial charge is 0.251 e. The van der Waals surface area contributed by atoms with Gasteiger partial charge < -0.3 is 10.1 Å². The lowest BCUT2D eigenvalue weighted by atomic mass is 10.0. The maximum Gasteiger partial charge on any atom is 0.251 e. The van der Waals surface area contributed by atoms with E-state index in [2.05, 4.69) is 20.7 Å². The molecule has 0 radical (unpaired) electrons. The van der Waals surface area contributed by atoms with Crippen LogP contribution in [0.1, 0.15) is 33.1 Å². The summed E-state index contributed by atoms with van der Waals surface area (Å²) in [4.78, 5) is 29.9. The van der Waals surface area contributed by atoms with Crippen LogP contribution in [-0.4, -0.2) is 57.3 Å². The number of hydrogen-bond acceptors (Lipinski definition) is 6. The van der Waals surface area contributed by atoms with Gasteiger partial charge in [0.1, 0.15) is 12.6 Å². The molecule has 4 rings (SSSR count). The number of nitrogens with zero attached hydrogens (tertiary/aromatic N) is 5. The lowest BCUT2D eigenvalue weighted by Crippen LogP contribution is -2.52. The molecule has 1 aliphatic rings. The van der Waals surface area contributed by atoms with Gasteiger partial charge in [-0.25, -0.2) is 0 Å². The molecule has 37 heavy (non-hydrogen) atoms. The maximum absolute atomic E-state index is 13.7. The minimum atomic E-state index is -0.741. The molecule has 1 saturated heterocycles. The Morgan fingerprint density at radius 3 is 2.41 bits per heavy atom. The number of rotatable bonds is 10. The first kappa shape index (κ1) is 27.0. The second kappa shape index (κ2) is 12.5. The number of carbonyl (C=O) groups is 2. The number of nitrogens with one attached hydrogen (secondary N) is 1. The normalized spacial score (nSPS) is 16.1. The largest absolute Gasteiger partial charge is 0.376 e. The first-order valence-electron chi connectivity index (χ1n) is 12.3. The summed E-state index contributed by atoms with van der Waals surface area (Å²) in [6, 6.07) is 13.1. The molecule has 2 atom stereocenters. The summed E-state index contributed by atoms with van der Waals surface area (Å²) in [5, 5.41) is 16.6. The van der Waals surface area contributed by atoms with Crippen molar-refractivity contribution in [3.05, 3.63) is 58.6 Å². The number of amides is 2. The molecular formula is C26H30Cl2N6O3. The molecule has 196 valence electrons. The van der Waals surface area contributed by atoms with E-state index in [0.717, 1.165) is 18.4 Å². The standard InChI is InChI=1S/C26H30Cl2N6O3/c1-17(2)14-23(26(36)29-15-22-4-3-13-37-22)34(21-11-9-20(28)10-12-21)24(35)16-33-31-25(30-32-33)18-5-7-19(27)8-6-18/h5-12,17,22-23H,3-4,13-16H2,1-2H3,(H,29,36)/t22-,23-/m0/s1. The van der Waals surface area contributed by atoms with Gasteiger partial charge >= 0.3 is 0 Å². The van der Waals surface area contributed by atoms with Gasteiger partial charge in [-0.3, -0.25) is 14.5 Å². The van der Waals surface area contributed by atoms with Crippen LogP contribution in [0.3, 0.4) is 0 Å². The minimum Gasteiger partial charge on any atom is -0.376 e. The van der Waals surface area contributed by atoms with Crippen LogP contribution in [-0.2, 0) is 20.9 Å². The van der Waals surface area contributed by atoms with Crippen LogP contribution in [0, 0.1) is 5.92 Å². The Labute approximate surface area is 226 Å². The first-order chi connectivity index (χ1) is 17.8. The van der Waals surface area contributed by atoms with Gasteiger partial charge in [0.05, 0.1) is 6.10 Å². The molecule has 0 saturated carbocycles. The summed E-state index contributed by atoms with van der Waals surface area (Å²) in [5.41, 5.74) is 1.29. The topological polar surface area (TPSA) is 102 Å². The molecule has 2 aromatic carbocycles. The summed E-state index contributed by atoms with van der Waals surface area (Å²) in [7, 11) is 0. The van der Waals surface area contributed by atoms with E-state index in [1.54, 1.807) is 48.5 Å². The average molecular weight is 545 g/mol. The fraction of sp³-hybridized carbons (Fsp3) is 0.423. The van der Waals surface area contributed by atoms with Crippen LogP contribution in [0.4, 0.5) is 5.69 Å². The number of halogens is 2. The van der Waals surface area contributed by atoms with Crippen molar-refractivity contribution >= 4 is 40.7 Å². The Hall–Kier alpha value is -3.01. The maximum atomic E-state index is 13.7. The lowest BCUT2D eigenvalue weighted by Gasteiger charge is -2.32. The molecule has 1 fully saturated rings. The van der Waals surface area contributed by atoms with Gasteiger partial charge in [-0.05, 0) is 78.9 Å². The van der Waals surface area contributed by atoms with E-state index in [1.807, 2.05) is 13.8 Å². The van der Waals surface area contributed by atoms with Crippen molar-refractivity contribution < 1.29 is 14.3 Å². The lowest BCUT2D eigenvalue weighted by molar-refractivity contribution is -0.127. The van der Waals surface area contributed by atoms with Crippen molar-refractivity contribution in [2.24, 2.45) is 5.92 Å². The fourth-order valence-electron chi connectivity index (χ4n) is 4.24. The molecule has 3 aromatic rings. The number of tetrazole rings is 1. The molecule has 0 unspecified atom stereocenters. The zero-order valence-corrected chi connectivity index (χ0v) is 22.3. The molecule has 1 aromatic heterocycles. The monoisotopic (exact) mass is 544 g/mol. The Morgan fingerprint density at radius 1 is 1.11 bits per heavy atom. The molecule has 0 bridgehead atoms. The molecule has 9 nitrogen and oxygen atoms in total. The number of anilines is 1. The zero-order valence-electron chi connectivity index (χ0n) is 20.8. The Bertz CT molecular complexity index is 1190. The third kappa shape index (κ3) is 7.28. The fourth-order valence-corrected chi connectivity index (χ4v) is 4.49. The number of ether oxygens (including phenoxy) is 1. The molecule has 0 aliphatic carbocycles. The summed E-state index contributed by atoms with van der Waals surface area (Å²) in [5.74, 6) is -0.0566. The van der Waals surface area contributed by atoms with Crippen molar-refractivity contribution in [1.29, 1.82) is 0 Å². The molecular weight excluding hydrogens is 515 g/mol. The highest BCUT2D eigenvalue weighted by atomic mass is 35.5. The van der Waals surface area contributed by atoms with Crippen LogP contribution in [0.5, 0.6) is 0 Å². The molecule has 1 aliphatic heterocycles. The van der Waals surface area contributed by atoms with E-state index in [9.17, 15) is 9.59 Å². The number of hydrogen-bond donors (Lipinski definition) is 1. The van der Waals surface area contributed by atoms with E-state index in [0.29, 0.717) is 41.1 Å². The Kier molecular flexibility index (Phi) is 9.13. The molecule has 2 amide bonds. The van der Waals surface area contributed by atoms with Gasteiger partial charge in [-0.1, -0.05) is 37.0 Å². The van der Waals surface area contributed by atoms with E-state index < -0.39 is 6.04 Å². The van der Waals surface area contributed by atoms with E-state index in [-0.39, 0.29) is 30.4 Å². The summed E-state index contributed by atoms with van der Waals surface area (Å²) in [6.45, 7) is 4.95. The average Bonchev–Trinajstić information content (AvgIpc) is 3.56. The van der Waals surface area contributed by atoms with Gasteiger partial charge in [-0.15, -0.1) is 10.2 Å². The van der Waals surface area contributed by atoms with Crippen molar-refractivity contribution in [3.8, 4) is 11.4 Å². The Morgan fingerprint density at radius 2 is 1.78 bits per heavy atom. The van der Waals surface area contributed by atoms with E-state index in [1.165, 1.54) is 9.70 Å². The third-order valence-corrected chi connectivity index (χ3v) is 6.55.